The molecule has 2 amide bonds. The minimum atomic E-state index is -0.508. The fraction of sp³-hybridized carbons (Fsp3) is 0.158. The Hall–Kier alpha value is -2.93. The van der Waals surface area contributed by atoms with Crippen molar-refractivity contribution < 1.29 is 9.59 Å². The van der Waals surface area contributed by atoms with Crippen LogP contribution in [0.25, 0.3) is 0 Å². The molecule has 2 aromatic carbocycles. The van der Waals surface area contributed by atoms with Crippen LogP contribution >= 0.6 is 11.8 Å². The molecule has 0 saturated carbocycles. The van der Waals surface area contributed by atoms with Crippen molar-refractivity contribution in [1.82, 2.24) is 5.32 Å². The maximum Gasteiger partial charge on any atom is 0.240 e. The van der Waals surface area contributed by atoms with Crippen LogP contribution in [0.1, 0.15) is 17.5 Å². The van der Waals surface area contributed by atoms with Gasteiger partial charge in [-0.3, -0.25) is 9.59 Å². The topological polar surface area (TPSA) is 82.9 Å². The van der Waals surface area contributed by atoms with E-state index in [0.717, 1.165) is 11.1 Å². The van der Waals surface area contributed by atoms with Crippen molar-refractivity contribution >= 4 is 40.6 Å². The lowest BCUT2D eigenvalue weighted by Gasteiger charge is -2.07. The average Bonchev–Trinajstić information content (AvgIpc) is 2.97. The number of nitrogens with one attached hydrogen (secondary N) is 2. The van der Waals surface area contributed by atoms with E-state index < -0.39 is 5.25 Å². The molecule has 1 fully saturated rings. The number of nitrogens with zero attached hydrogens (tertiary/aromatic N) is 2. The summed E-state index contributed by atoms with van der Waals surface area (Å²) in [7, 11) is 0. The molecule has 1 saturated heterocycles. The summed E-state index contributed by atoms with van der Waals surface area (Å²) in [6.07, 6.45) is 1.68. The lowest BCUT2D eigenvalue weighted by molar-refractivity contribution is -0.122. The first-order valence-electron chi connectivity index (χ1n) is 8.10. The number of benzene rings is 2. The highest BCUT2D eigenvalue weighted by molar-refractivity contribution is 8.15. The van der Waals surface area contributed by atoms with E-state index in [-0.39, 0.29) is 18.2 Å². The van der Waals surface area contributed by atoms with E-state index in [1.165, 1.54) is 11.8 Å². The summed E-state index contributed by atoms with van der Waals surface area (Å²) in [4.78, 5) is 24.1. The molecule has 2 N–H and O–H groups in total. The van der Waals surface area contributed by atoms with E-state index in [1.807, 2.05) is 61.5 Å². The molecule has 2 aromatic rings. The maximum atomic E-state index is 12.1. The molecular weight excluding hydrogens is 348 g/mol. The van der Waals surface area contributed by atoms with Gasteiger partial charge in [-0.2, -0.15) is 5.10 Å². The Morgan fingerprint density at radius 3 is 2.65 bits per heavy atom. The van der Waals surface area contributed by atoms with Gasteiger partial charge in [0.1, 0.15) is 5.25 Å². The van der Waals surface area contributed by atoms with Gasteiger partial charge < -0.3 is 10.6 Å². The Morgan fingerprint density at radius 1 is 1.19 bits per heavy atom. The summed E-state index contributed by atoms with van der Waals surface area (Å²) in [6, 6.07) is 17.0. The predicted octanol–water partition coefficient (Wildman–Crippen LogP) is 2.95. The Labute approximate surface area is 155 Å². The number of amidine groups is 1. The molecule has 0 aliphatic carbocycles. The molecule has 1 aliphatic rings. The highest BCUT2D eigenvalue weighted by Gasteiger charge is 2.32. The van der Waals surface area contributed by atoms with Gasteiger partial charge >= 0.3 is 0 Å². The zero-order valence-corrected chi connectivity index (χ0v) is 15.0. The zero-order chi connectivity index (χ0) is 18.4. The monoisotopic (exact) mass is 366 g/mol. The molecule has 26 heavy (non-hydrogen) atoms. The summed E-state index contributed by atoms with van der Waals surface area (Å²) in [6.45, 7) is 1.98. The van der Waals surface area contributed by atoms with Crippen LogP contribution in [-0.4, -0.2) is 28.4 Å². The van der Waals surface area contributed by atoms with Crippen molar-refractivity contribution in [2.45, 2.75) is 18.6 Å². The van der Waals surface area contributed by atoms with Crippen LogP contribution < -0.4 is 10.6 Å². The van der Waals surface area contributed by atoms with Gasteiger partial charge in [0.15, 0.2) is 5.17 Å². The first-order valence-corrected chi connectivity index (χ1v) is 8.98. The third-order valence-corrected chi connectivity index (χ3v) is 4.71. The standard InChI is InChI=1S/C19H18N4O2S/c1-13-7-9-15(10-8-13)21-17(24)11-16-18(25)22-19(26-16)23-20-12-14-5-3-2-4-6-14/h2-10,12,16H,11H2,1H3,(H,21,24)(H,22,23,25). The molecule has 0 radical (unpaired) electrons. The van der Waals surface area contributed by atoms with E-state index in [4.69, 9.17) is 0 Å². The van der Waals surface area contributed by atoms with Crippen LogP contribution in [0.15, 0.2) is 64.8 Å². The molecule has 0 spiro atoms. The first-order chi connectivity index (χ1) is 12.6. The lowest BCUT2D eigenvalue weighted by atomic mass is 10.2. The predicted molar refractivity (Wildman–Crippen MR) is 105 cm³/mol. The lowest BCUT2D eigenvalue weighted by Crippen LogP contribution is -2.28. The maximum absolute atomic E-state index is 12.1. The molecule has 1 atom stereocenters. The fourth-order valence-electron chi connectivity index (χ4n) is 2.29. The number of anilines is 1. The van der Waals surface area contributed by atoms with Gasteiger partial charge in [0.25, 0.3) is 0 Å². The number of thioether (sulfide) groups is 1. The summed E-state index contributed by atoms with van der Waals surface area (Å²) in [5, 5.41) is 13.3. The number of carbonyl (C=O) groups excluding carboxylic acids is 2. The van der Waals surface area contributed by atoms with E-state index in [2.05, 4.69) is 20.8 Å². The largest absolute Gasteiger partial charge is 0.326 e. The van der Waals surface area contributed by atoms with Gasteiger partial charge in [-0.25, -0.2) is 0 Å². The number of hydrogen-bond donors (Lipinski definition) is 2. The SMILES string of the molecule is Cc1ccc(NC(=O)CC2S/C(=N/N=Cc3ccccc3)NC2=O)cc1. The molecular formula is C19H18N4O2S. The van der Waals surface area contributed by atoms with Gasteiger partial charge in [0, 0.05) is 12.1 Å². The van der Waals surface area contributed by atoms with E-state index >= 15 is 0 Å². The Bertz CT molecular complexity index is 848. The number of aryl methyl sites for hydroxylation is 1. The fourth-order valence-corrected chi connectivity index (χ4v) is 3.21. The van der Waals surface area contributed by atoms with Crippen molar-refractivity contribution in [2.24, 2.45) is 10.2 Å². The number of amides is 2. The third kappa shape index (κ3) is 5.03. The van der Waals surface area contributed by atoms with Gasteiger partial charge in [0.05, 0.1) is 6.21 Å². The molecule has 7 heteroatoms. The van der Waals surface area contributed by atoms with Crippen molar-refractivity contribution in [3.05, 3.63) is 65.7 Å². The van der Waals surface area contributed by atoms with Gasteiger partial charge in [-0.15, -0.1) is 5.10 Å². The van der Waals surface area contributed by atoms with E-state index in [0.29, 0.717) is 10.9 Å². The molecule has 1 aliphatic heterocycles. The summed E-state index contributed by atoms with van der Waals surface area (Å²) < 4.78 is 0. The first kappa shape index (κ1) is 17.9. The van der Waals surface area contributed by atoms with Crippen molar-refractivity contribution in [3.63, 3.8) is 0 Å². The van der Waals surface area contributed by atoms with E-state index in [9.17, 15) is 9.59 Å². The highest BCUT2D eigenvalue weighted by Crippen LogP contribution is 2.23. The Balaban J connectivity index is 1.54. The van der Waals surface area contributed by atoms with Crippen molar-refractivity contribution in [2.75, 3.05) is 5.32 Å². The van der Waals surface area contributed by atoms with Crippen molar-refractivity contribution in [3.8, 4) is 0 Å². The molecule has 0 aromatic heterocycles. The average molecular weight is 366 g/mol. The quantitative estimate of drug-likeness (QED) is 0.630. The summed E-state index contributed by atoms with van der Waals surface area (Å²) >= 11 is 1.21. The second-order valence-electron chi connectivity index (χ2n) is 5.77. The Kier molecular flexibility index (Phi) is 5.80. The molecule has 0 bridgehead atoms. The highest BCUT2D eigenvalue weighted by atomic mass is 32.2. The van der Waals surface area contributed by atoms with Crippen LogP contribution in [0.3, 0.4) is 0 Å². The minimum Gasteiger partial charge on any atom is -0.326 e. The van der Waals surface area contributed by atoms with Gasteiger partial charge in [-0.05, 0) is 24.6 Å². The zero-order valence-electron chi connectivity index (χ0n) is 14.2. The van der Waals surface area contributed by atoms with Crippen LogP contribution in [0.5, 0.6) is 0 Å². The Morgan fingerprint density at radius 2 is 1.92 bits per heavy atom. The number of hydrogen-bond acceptors (Lipinski definition) is 5. The summed E-state index contributed by atoms with van der Waals surface area (Å²) in [5.74, 6) is -0.446. The number of rotatable bonds is 5. The van der Waals surface area contributed by atoms with Crippen LogP contribution in [-0.2, 0) is 9.59 Å². The smallest absolute Gasteiger partial charge is 0.240 e. The minimum absolute atomic E-state index is 0.0752. The number of carbonyl (C=O) groups is 2. The van der Waals surface area contributed by atoms with Crippen LogP contribution in [0.4, 0.5) is 5.69 Å². The van der Waals surface area contributed by atoms with Crippen molar-refractivity contribution in [1.29, 1.82) is 0 Å². The normalized spacial score (nSPS) is 18.3. The molecule has 132 valence electrons. The molecule has 1 heterocycles. The summed E-state index contributed by atoms with van der Waals surface area (Å²) in [5.41, 5.74) is 2.75. The molecule has 1 unspecified atom stereocenters. The van der Waals surface area contributed by atoms with Crippen LogP contribution in [0.2, 0.25) is 0 Å². The van der Waals surface area contributed by atoms with Gasteiger partial charge in [-0.1, -0.05) is 59.8 Å². The molecule has 6 nitrogen and oxygen atoms in total. The third-order valence-electron chi connectivity index (χ3n) is 3.64. The second kappa shape index (κ2) is 8.44. The van der Waals surface area contributed by atoms with E-state index in [1.54, 1.807) is 6.21 Å². The second-order valence-corrected chi connectivity index (χ2v) is 6.97. The molecule has 3 rings (SSSR count). The van der Waals surface area contributed by atoms with Crippen LogP contribution in [0, 0.1) is 6.92 Å². The van der Waals surface area contributed by atoms with Gasteiger partial charge in [0.2, 0.25) is 11.8 Å².